The maximum absolute atomic E-state index is 12.8. The first-order valence-electron chi connectivity index (χ1n) is 9.30. The number of anilines is 1. The fourth-order valence-corrected chi connectivity index (χ4v) is 4.11. The quantitative estimate of drug-likeness (QED) is 0.799. The molecule has 28 heavy (non-hydrogen) atoms. The second-order valence-electron chi connectivity index (χ2n) is 6.53. The van der Waals surface area contributed by atoms with Crippen molar-refractivity contribution in [3.05, 3.63) is 34.8 Å². The van der Waals surface area contributed by atoms with E-state index in [1.165, 1.54) is 11.3 Å². The predicted molar refractivity (Wildman–Crippen MR) is 105 cm³/mol. The molecule has 3 heterocycles. The molecule has 0 atom stereocenters. The number of thiazole rings is 1. The van der Waals surface area contributed by atoms with Gasteiger partial charge in [0.05, 0.1) is 12.1 Å². The topological polar surface area (TPSA) is 84.0 Å². The van der Waals surface area contributed by atoms with E-state index in [1.807, 2.05) is 30.5 Å². The van der Waals surface area contributed by atoms with Crippen LogP contribution in [0.2, 0.25) is 0 Å². The van der Waals surface area contributed by atoms with E-state index in [0.717, 1.165) is 17.1 Å². The molecule has 0 bridgehead atoms. The minimum atomic E-state index is -0.140. The SMILES string of the molecule is CCN(Cc1cccc2c1OCCO2)C(=O)Cc1csc(N2CCNC2=O)n1. The number of rotatable bonds is 6. The van der Waals surface area contributed by atoms with Crippen LogP contribution in [0.1, 0.15) is 18.2 Å². The van der Waals surface area contributed by atoms with Crippen LogP contribution >= 0.6 is 11.3 Å². The molecular weight excluding hydrogens is 380 g/mol. The van der Waals surface area contributed by atoms with E-state index in [4.69, 9.17) is 9.47 Å². The summed E-state index contributed by atoms with van der Waals surface area (Å²) in [4.78, 5) is 32.4. The summed E-state index contributed by atoms with van der Waals surface area (Å²) in [5, 5.41) is 5.22. The van der Waals surface area contributed by atoms with Crippen LogP contribution in [0, 0.1) is 0 Å². The molecule has 1 fully saturated rings. The lowest BCUT2D eigenvalue weighted by Gasteiger charge is -2.25. The highest BCUT2D eigenvalue weighted by atomic mass is 32.1. The smallest absolute Gasteiger partial charge is 0.323 e. The van der Waals surface area contributed by atoms with Gasteiger partial charge in [-0.2, -0.15) is 0 Å². The van der Waals surface area contributed by atoms with Gasteiger partial charge in [0.1, 0.15) is 13.2 Å². The van der Waals surface area contributed by atoms with E-state index < -0.39 is 0 Å². The van der Waals surface area contributed by atoms with Gasteiger partial charge in [0.2, 0.25) is 5.91 Å². The third-order valence-electron chi connectivity index (χ3n) is 4.70. The number of benzene rings is 1. The van der Waals surface area contributed by atoms with E-state index in [-0.39, 0.29) is 18.4 Å². The van der Waals surface area contributed by atoms with Crippen molar-refractivity contribution in [2.75, 3.05) is 37.7 Å². The molecule has 1 N–H and O–H groups in total. The Balaban J connectivity index is 1.44. The van der Waals surface area contributed by atoms with Gasteiger partial charge in [-0.15, -0.1) is 11.3 Å². The molecule has 2 aliphatic heterocycles. The third kappa shape index (κ3) is 3.75. The van der Waals surface area contributed by atoms with E-state index in [2.05, 4.69) is 10.3 Å². The Hall–Kier alpha value is -2.81. The monoisotopic (exact) mass is 402 g/mol. The Bertz CT molecular complexity index is 885. The molecule has 4 rings (SSSR count). The van der Waals surface area contributed by atoms with Crippen LogP contribution in [0.3, 0.4) is 0 Å². The zero-order valence-corrected chi connectivity index (χ0v) is 16.5. The van der Waals surface area contributed by atoms with Gasteiger partial charge in [-0.1, -0.05) is 12.1 Å². The second kappa shape index (κ2) is 8.05. The molecule has 8 nitrogen and oxygen atoms in total. The summed E-state index contributed by atoms with van der Waals surface area (Å²) in [6, 6.07) is 5.60. The largest absolute Gasteiger partial charge is 0.486 e. The summed E-state index contributed by atoms with van der Waals surface area (Å²) in [5.74, 6) is 1.43. The number of hydrogen-bond acceptors (Lipinski definition) is 6. The number of carbonyl (C=O) groups excluding carboxylic acids is 2. The van der Waals surface area contributed by atoms with Crippen molar-refractivity contribution in [1.82, 2.24) is 15.2 Å². The van der Waals surface area contributed by atoms with Gasteiger partial charge in [0.15, 0.2) is 16.6 Å². The molecule has 1 aromatic carbocycles. The van der Waals surface area contributed by atoms with Gasteiger partial charge in [-0.3, -0.25) is 9.69 Å². The molecule has 1 saturated heterocycles. The van der Waals surface area contributed by atoms with E-state index in [0.29, 0.717) is 50.2 Å². The van der Waals surface area contributed by atoms with Crippen molar-refractivity contribution in [1.29, 1.82) is 0 Å². The molecule has 0 unspecified atom stereocenters. The maximum Gasteiger partial charge on any atom is 0.323 e. The number of hydrogen-bond donors (Lipinski definition) is 1. The Morgan fingerprint density at radius 1 is 1.36 bits per heavy atom. The molecular formula is C19H22N4O4S. The molecule has 3 amide bonds. The maximum atomic E-state index is 12.8. The summed E-state index contributed by atoms with van der Waals surface area (Å²) in [6.45, 7) is 5.24. The zero-order valence-electron chi connectivity index (χ0n) is 15.6. The van der Waals surface area contributed by atoms with Gasteiger partial charge in [-0.05, 0) is 13.0 Å². The Labute approximate surface area is 167 Å². The number of aromatic nitrogens is 1. The third-order valence-corrected chi connectivity index (χ3v) is 5.62. The van der Waals surface area contributed by atoms with Crippen molar-refractivity contribution in [2.24, 2.45) is 0 Å². The lowest BCUT2D eigenvalue weighted by molar-refractivity contribution is -0.130. The minimum Gasteiger partial charge on any atom is -0.486 e. The normalized spacial score (nSPS) is 15.5. The average molecular weight is 402 g/mol. The number of para-hydroxylation sites is 1. The van der Waals surface area contributed by atoms with Crippen LogP contribution in [0.4, 0.5) is 9.93 Å². The van der Waals surface area contributed by atoms with Gasteiger partial charge in [0, 0.05) is 37.1 Å². The van der Waals surface area contributed by atoms with E-state index in [9.17, 15) is 9.59 Å². The predicted octanol–water partition coefficient (Wildman–Crippen LogP) is 2.04. The number of carbonyl (C=O) groups is 2. The van der Waals surface area contributed by atoms with Crippen molar-refractivity contribution in [3.63, 3.8) is 0 Å². The highest BCUT2D eigenvalue weighted by Gasteiger charge is 2.25. The molecule has 1 aromatic heterocycles. The van der Waals surface area contributed by atoms with Gasteiger partial charge in [0.25, 0.3) is 0 Å². The van der Waals surface area contributed by atoms with Crippen molar-refractivity contribution in [2.45, 2.75) is 19.9 Å². The molecule has 2 aromatic rings. The first-order chi connectivity index (χ1) is 13.7. The van der Waals surface area contributed by atoms with Crippen LogP contribution < -0.4 is 19.7 Å². The fraction of sp³-hybridized carbons (Fsp3) is 0.421. The highest BCUT2D eigenvalue weighted by molar-refractivity contribution is 7.14. The highest BCUT2D eigenvalue weighted by Crippen LogP contribution is 2.34. The number of fused-ring (bicyclic) bond motifs is 1. The summed E-state index contributed by atoms with van der Waals surface area (Å²) in [5.41, 5.74) is 1.61. The number of nitrogens with zero attached hydrogens (tertiary/aromatic N) is 3. The number of ether oxygens (including phenoxy) is 2. The summed E-state index contributed by atoms with van der Waals surface area (Å²) in [7, 11) is 0. The molecule has 0 radical (unpaired) electrons. The van der Waals surface area contributed by atoms with Crippen LogP contribution in [-0.4, -0.2) is 54.7 Å². The zero-order chi connectivity index (χ0) is 19.5. The molecule has 0 spiro atoms. The Morgan fingerprint density at radius 3 is 3.00 bits per heavy atom. The fourth-order valence-electron chi connectivity index (χ4n) is 3.26. The first-order valence-corrected chi connectivity index (χ1v) is 10.2. The summed E-state index contributed by atoms with van der Waals surface area (Å²) >= 11 is 1.38. The number of amides is 3. The summed E-state index contributed by atoms with van der Waals surface area (Å²) in [6.07, 6.45) is 0.201. The Morgan fingerprint density at radius 2 is 2.21 bits per heavy atom. The lowest BCUT2D eigenvalue weighted by Crippen LogP contribution is -2.32. The van der Waals surface area contributed by atoms with Gasteiger partial charge in [-0.25, -0.2) is 9.78 Å². The molecule has 9 heteroatoms. The van der Waals surface area contributed by atoms with Crippen molar-refractivity contribution < 1.29 is 19.1 Å². The van der Waals surface area contributed by atoms with Crippen LogP contribution in [0.15, 0.2) is 23.6 Å². The van der Waals surface area contributed by atoms with Crippen molar-refractivity contribution in [3.8, 4) is 11.5 Å². The lowest BCUT2D eigenvalue weighted by atomic mass is 10.1. The number of nitrogens with one attached hydrogen (secondary N) is 1. The van der Waals surface area contributed by atoms with E-state index >= 15 is 0 Å². The molecule has 0 aliphatic carbocycles. The second-order valence-corrected chi connectivity index (χ2v) is 7.37. The molecule has 2 aliphatic rings. The van der Waals surface area contributed by atoms with Crippen LogP contribution in [-0.2, 0) is 17.8 Å². The van der Waals surface area contributed by atoms with Crippen molar-refractivity contribution >= 4 is 28.4 Å². The van der Waals surface area contributed by atoms with Gasteiger partial charge < -0.3 is 19.7 Å². The number of urea groups is 1. The number of likely N-dealkylation sites (N-methyl/N-ethyl adjacent to an activating group) is 1. The molecule has 148 valence electrons. The van der Waals surface area contributed by atoms with Gasteiger partial charge >= 0.3 is 6.03 Å². The van der Waals surface area contributed by atoms with Crippen LogP contribution in [0.25, 0.3) is 0 Å². The molecule has 0 saturated carbocycles. The summed E-state index contributed by atoms with van der Waals surface area (Å²) < 4.78 is 11.4. The first kappa shape index (κ1) is 18.5. The average Bonchev–Trinajstić information content (AvgIpc) is 3.34. The van der Waals surface area contributed by atoms with E-state index in [1.54, 1.807) is 9.80 Å². The Kier molecular flexibility index (Phi) is 5.34. The van der Waals surface area contributed by atoms with Crippen LogP contribution in [0.5, 0.6) is 11.5 Å². The standard InChI is InChI=1S/C19H22N4O4S/c1-2-22(11-13-4-3-5-15-17(13)27-9-8-26-15)16(24)10-14-12-28-19(21-14)23-7-6-20-18(23)25/h3-5,12H,2,6-11H2,1H3,(H,20,25). The minimum absolute atomic E-state index is 0.0143.